The van der Waals surface area contributed by atoms with Gasteiger partial charge in [0.1, 0.15) is 11.6 Å². The molecule has 1 fully saturated rings. The lowest BCUT2D eigenvalue weighted by Gasteiger charge is -2.34. The molecule has 1 saturated heterocycles. The van der Waals surface area contributed by atoms with E-state index in [4.69, 9.17) is 4.42 Å². The first-order valence-electron chi connectivity index (χ1n) is 7.49. The van der Waals surface area contributed by atoms with E-state index in [1.165, 1.54) is 12.3 Å². The molecule has 1 aromatic heterocycles. The van der Waals surface area contributed by atoms with Gasteiger partial charge in [-0.25, -0.2) is 4.39 Å². The fourth-order valence-corrected chi connectivity index (χ4v) is 2.91. The first kappa shape index (κ1) is 14.6. The average Bonchev–Trinajstić information content (AvgIpc) is 2.94. The van der Waals surface area contributed by atoms with Crippen LogP contribution in [0.3, 0.4) is 0 Å². The van der Waals surface area contributed by atoms with Gasteiger partial charge in [-0.15, -0.1) is 0 Å². The minimum Gasteiger partial charge on any atom is -0.469 e. The minimum atomic E-state index is -0.222. The Hall–Kier alpha value is -2.30. The number of hydrogen-bond acceptors (Lipinski definition) is 3. The summed E-state index contributed by atoms with van der Waals surface area (Å²) in [5.41, 5.74) is 1.16. The van der Waals surface area contributed by atoms with Crippen LogP contribution in [-0.2, 0) is 0 Å². The smallest absolute Gasteiger partial charge is 0.255 e. The summed E-state index contributed by atoms with van der Waals surface area (Å²) >= 11 is 0. The highest BCUT2D eigenvalue weighted by atomic mass is 19.1. The predicted octanol–water partition coefficient (Wildman–Crippen LogP) is 3.13. The van der Waals surface area contributed by atoms with Gasteiger partial charge in [0, 0.05) is 19.1 Å². The molecule has 5 heteroatoms. The molecule has 0 saturated carbocycles. The molecule has 1 aliphatic heterocycles. The molecular weight excluding hydrogens is 283 g/mol. The summed E-state index contributed by atoms with van der Waals surface area (Å²) in [5, 5.41) is 3.02. The zero-order valence-corrected chi connectivity index (χ0v) is 12.5. The van der Waals surface area contributed by atoms with Crippen molar-refractivity contribution >= 4 is 11.6 Å². The highest BCUT2D eigenvalue weighted by molar-refractivity contribution is 5.95. The van der Waals surface area contributed by atoms with Crippen molar-refractivity contribution < 1.29 is 13.6 Å². The summed E-state index contributed by atoms with van der Waals surface area (Å²) in [5.74, 6) is 0.256. The van der Waals surface area contributed by atoms with Gasteiger partial charge in [0.25, 0.3) is 5.91 Å². The van der Waals surface area contributed by atoms with Crippen LogP contribution < -0.4 is 10.2 Å². The van der Waals surface area contributed by atoms with Crippen LogP contribution in [0.1, 0.15) is 29.0 Å². The van der Waals surface area contributed by atoms with Crippen molar-refractivity contribution in [2.75, 3.05) is 18.0 Å². The molecule has 4 nitrogen and oxygen atoms in total. The second kappa shape index (κ2) is 6.22. The van der Waals surface area contributed by atoms with Gasteiger partial charge in [-0.3, -0.25) is 4.79 Å². The Morgan fingerprint density at radius 2 is 2.18 bits per heavy atom. The lowest BCUT2D eigenvalue weighted by Crippen LogP contribution is -2.48. The number of aryl methyl sites for hydroxylation is 1. The average molecular weight is 302 g/mol. The number of para-hydroxylation sites is 1. The van der Waals surface area contributed by atoms with Crippen molar-refractivity contribution in [2.24, 2.45) is 0 Å². The van der Waals surface area contributed by atoms with Gasteiger partial charge in [0.2, 0.25) is 0 Å². The molecule has 22 heavy (non-hydrogen) atoms. The van der Waals surface area contributed by atoms with Crippen LogP contribution in [0.4, 0.5) is 10.1 Å². The number of nitrogens with zero attached hydrogens (tertiary/aromatic N) is 1. The summed E-state index contributed by atoms with van der Waals surface area (Å²) < 4.78 is 19.1. The SMILES string of the molecule is Cc1occc1C(=O)NC1CCCN(c2ccccc2F)C1. The zero-order chi connectivity index (χ0) is 15.5. The van der Waals surface area contributed by atoms with Crippen molar-refractivity contribution in [1.82, 2.24) is 5.32 Å². The fraction of sp³-hybridized carbons (Fsp3) is 0.353. The van der Waals surface area contributed by atoms with Crippen LogP contribution in [0.25, 0.3) is 0 Å². The fourth-order valence-electron chi connectivity index (χ4n) is 2.91. The Morgan fingerprint density at radius 1 is 1.36 bits per heavy atom. The van der Waals surface area contributed by atoms with Gasteiger partial charge in [-0.05, 0) is 38.0 Å². The monoisotopic (exact) mass is 302 g/mol. The molecule has 1 N–H and O–H groups in total. The third kappa shape index (κ3) is 2.98. The number of hydrogen-bond donors (Lipinski definition) is 1. The standard InChI is InChI=1S/C17H19FN2O2/c1-12-14(8-10-22-12)17(21)19-13-5-4-9-20(11-13)16-7-3-2-6-15(16)18/h2-3,6-8,10,13H,4-5,9,11H2,1H3,(H,19,21). The second-order valence-electron chi connectivity index (χ2n) is 5.60. The van der Waals surface area contributed by atoms with E-state index in [2.05, 4.69) is 5.32 Å². The molecule has 1 aromatic carbocycles. The van der Waals surface area contributed by atoms with Crippen LogP contribution in [-0.4, -0.2) is 25.0 Å². The number of anilines is 1. The van der Waals surface area contributed by atoms with Crippen molar-refractivity contribution in [3.05, 3.63) is 53.7 Å². The van der Waals surface area contributed by atoms with E-state index in [1.807, 2.05) is 11.0 Å². The molecule has 0 spiro atoms. The molecule has 3 rings (SSSR count). The third-order valence-corrected chi connectivity index (χ3v) is 4.05. The van der Waals surface area contributed by atoms with Gasteiger partial charge in [-0.2, -0.15) is 0 Å². The maximum Gasteiger partial charge on any atom is 0.255 e. The van der Waals surface area contributed by atoms with E-state index in [-0.39, 0.29) is 17.8 Å². The van der Waals surface area contributed by atoms with Crippen LogP contribution in [0.15, 0.2) is 41.0 Å². The molecule has 1 unspecified atom stereocenters. The number of benzene rings is 1. The summed E-state index contributed by atoms with van der Waals surface area (Å²) in [6.07, 6.45) is 3.33. The highest BCUT2D eigenvalue weighted by Gasteiger charge is 2.24. The summed E-state index contributed by atoms with van der Waals surface area (Å²) in [7, 11) is 0. The molecule has 0 aliphatic carbocycles. The second-order valence-corrected chi connectivity index (χ2v) is 5.60. The number of nitrogens with one attached hydrogen (secondary N) is 1. The summed E-state index contributed by atoms with van der Waals surface area (Å²) in [4.78, 5) is 14.2. The normalized spacial score (nSPS) is 18.3. The van der Waals surface area contributed by atoms with E-state index in [0.717, 1.165) is 19.4 Å². The predicted molar refractivity (Wildman–Crippen MR) is 82.5 cm³/mol. The molecular formula is C17H19FN2O2. The van der Waals surface area contributed by atoms with E-state index in [0.29, 0.717) is 23.6 Å². The van der Waals surface area contributed by atoms with Gasteiger partial charge < -0.3 is 14.6 Å². The van der Waals surface area contributed by atoms with E-state index in [9.17, 15) is 9.18 Å². The summed E-state index contributed by atoms with van der Waals surface area (Å²) in [6, 6.07) is 8.43. The minimum absolute atomic E-state index is 0.00940. The van der Waals surface area contributed by atoms with Gasteiger partial charge in [0.15, 0.2) is 0 Å². The van der Waals surface area contributed by atoms with Gasteiger partial charge in [0.05, 0.1) is 17.5 Å². The Morgan fingerprint density at radius 3 is 2.91 bits per heavy atom. The third-order valence-electron chi connectivity index (χ3n) is 4.05. The quantitative estimate of drug-likeness (QED) is 0.947. The van der Waals surface area contributed by atoms with E-state index >= 15 is 0 Å². The molecule has 1 atom stereocenters. The van der Waals surface area contributed by atoms with Crippen LogP contribution in [0.5, 0.6) is 0 Å². The first-order valence-corrected chi connectivity index (χ1v) is 7.49. The number of carbonyl (C=O) groups excluding carboxylic acids is 1. The van der Waals surface area contributed by atoms with E-state index < -0.39 is 0 Å². The summed E-state index contributed by atoms with van der Waals surface area (Å²) in [6.45, 7) is 3.18. The Labute approximate surface area is 128 Å². The Kier molecular flexibility index (Phi) is 4.13. The van der Waals surface area contributed by atoms with Crippen molar-refractivity contribution in [3.63, 3.8) is 0 Å². The lowest BCUT2D eigenvalue weighted by atomic mass is 10.0. The Balaban J connectivity index is 1.68. The number of rotatable bonds is 3. The maximum absolute atomic E-state index is 13.9. The van der Waals surface area contributed by atoms with Crippen molar-refractivity contribution in [3.8, 4) is 0 Å². The topological polar surface area (TPSA) is 45.5 Å². The number of amides is 1. The zero-order valence-electron chi connectivity index (χ0n) is 12.5. The van der Waals surface area contributed by atoms with Gasteiger partial charge >= 0.3 is 0 Å². The lowest BCUT2D eigenvalue weighted by molar-refractivity contribution is 0.0931. The van der Waals surface area contributed by atoms with Crippen LogP contribution >= 0.6 is 0 Å². The molecule has 116 valence electrons. The highest BCUT2D eigenvalue weighted by Crippen LogP contribution is 2.23. The van der Waals surface area contributed by atoms with Crippen molar-refractivity contribution in [2.45, 2.75) is 25.8 Å². The first-order chi connectivity index (χ1) is 10.6. The van der Waals surface area contributed by atoms with Gasteiger partial charge in [-0.1, -0.05) is 12.1 Å². The number of halogens is 1. The number of furan rings is 1. The van der Waals surface area contributed by atoms with Crippen molar-refractivity contribution in [1.29, 1.82) is 0 Å². The molecule has 0 bridgehead atoms. The largest absolute Gasteiger partial charge is 0.469 e. The maximum atomic E-state index is 13.9. The molecule has 0 radical (unpaired) electrons. The van der Waals surface area contributed by atoms with Crippen LogP contribution in [0, 0.1) is 12.7 Å². The molecule has 1 aliphatic rings. The molecule has 2 aromatic rings. The molecule has 2 heterocycles. The van der Waals surface area contributed by atoms with Crippen LogP contribution in [0.2, 0.25) is 0 Å². The number of carbonyl (C=O) groups is 1. The molecule has 1 amide bonds. The Bertz CT molecular complexity index is 668. The number of piperidine rings is 1. The van der Waals surface area contributed by atoms with E-state index in [1.54, 1.807) is 25.1 Å².